The first-order chi connectivity index (χ1) is 14.9. The largest absolute Gasteiger partial charge is 0.342 e. The van der Waals surface area contributed by atoms with Crippen LogP contribution in [0.15, 0.2) is 59.6 Å². The molecule has 1 aliphatic heterocycles. The Bertz CT molecular complexity index is 1210. The Balaban J connectivity index is 1.69. The van der Waals surface area contributed by atoms with E-state index in [2.05, 4.69) is 0 Å². The molecule has 1 atom stereocenters. The molecule has 31 heavy (non-hydrogen) atoms. The van der Waals surface area contributed by atoms with E-state index in [0.29, 0.717) is 17.9 Å². The summed E-state index contributed by atoms with van der Waals surface area (Å²) in [6, 6.07) is 14.2. The van der Waals surface area contributed by atoms with Gasteiger partial charge in [-0.25, -0.2) is 0 Å². The van der Waals surface area contributed by atoms with Crippen LogP contribution in [0, 0.1) is 10.1 Å². The number of hydrogen-bond donors (Lipinski definition) is 0. The smallest absolute Gasteiger partial charge is 0.293 e. The minimum atomic E-state index is -0.417. The average molecular weight is 436 g/mol. The van der Waals surface area contributed by atoms with E-state index in [0.717, 1.165) is 33.8 Å². The lowest BCUT2D eigenvalue weighted by Gasteiger charge is -2.19. The molecule has 1 fully saturated rings. The second kappa shape index (κ2) is 8.39. The summed E-state index contributed by atoms with van der Waals surface area (Å²) in [5.41, 5.74) is 2.81. The number of hydrogen-bond acceptors (Lipinski definition) is 5. The quantitative estimate of drug-likeness (QED) is 0.293. The first-order valence-corrected chi connectivity index (χ1v) is 10.8. The van der Waals surface area contributed by atoms with Crippen molar-refractivity contribution in [2.45, 2.75) is 32.9 Å². The lowest BCUT2D eigenvalue weighted by atomic mass is 10.1. The lowest BCUT2D eigenvalue weighted by molar-refractivity contribution is -0.384. The lowest BCUT2D eigenvalue weighted by Crippen LogP contribution is -2.36. The number of amides is 2. The van der Waals surface area contributed by atoms with E-state index < -0.39 is 4.92 Å². The molecular weight excluding hydrogens is 414 g/mol. The van der Waals surface area contributed by atoms with Crippen LogP contribution >= 0.6 is 11.8 Å². The fraction of sp³-hybridized carbons (Fsp3) is 0.217. The highest BCUT2D eigenvalue weighted by Gasteiger charge is 2.37. The van der Waals surface area contributed by atoms with E-state index in [9.17, 15) is 19.7 Å². The Hall–Kier alpha value is -3.39. The van der Waals surface area contributed by atoms with Gasteiger partial charge in [-0.05, 0) is 42.8 Å². The van der Waals surface area contributed by atoms with Crippen molar-refractivity contribution in [2.24, 2.45) is 0 Å². The van der Waals surface area contributed by atoms with Crippen LogP contribution in [0.2, 0.25) is 0 Å². The number of benzene rings is 2. The van der Waals surface area contributed by atoms with E-state index in [1.807, 2.05) is 48.9 Å². The zero-order chi connectivity index (χ0) is 22.1. The number of para-hydroxylation sites is 1. The predicted octanol–water partition coefficient (Wildman–Crippen LogP) is 5.43. The third-order valence-electron chi connectivity index (χ3n) is 5.46. The summed E-state index contributed by atoms with van der Waals surface area (Å²) in [7, 11) is 0. The number of aromatic nitrogens is 1. The zero-order valence-corrected chi connectivity index (χ0v) is 18.0. The number of nitro benzene ring substituents is 1. The van der Waals surface area contributed by atoms with Crippen molar-refractivity contribution in [1.29, 1.82) is 0 Å². The van der Waals surface area contributed by atoms with Gasteiger partial charge in [-0.3, -0.25) is 24.6 Å². The van der Waals surface area contributed by atoms with Crippen molar-refractivity contribution in [3.63, 3.8) is 0 Å². The highest BCUT2D eigenvalue weighted by Crippen LogP contribution is 2.35. The van der Waals surface area contributed by atoms with Crippen LogP contribution < -0.4 is 0 Å². The molecule has 3 aromatic rings. The second-order valence-electron chi connectivity index (χ2n) is 7.46. The molecule has 1 saturated heterocycles. The molecular formula is C23H21N3O4S. The van der Waals surface area contributed by atoms with Crippen molar-refractivity contribution in [3.05, 3.63) is 80.9 Å². The highest BCUT2D eigenvalue weighted by molar-refractivity contribution is 8.18. The summed E-state index contributed by atoms with van der Waals surface area (Å²) in [5, 5.41) is 11.6. The maximum absolute atomic E-state index is 12.8. The van der Waals surface area contributed by atoms with Crippen molar-refractivity contribution in [3.8, 4) is 0 Å². The molecule has 2 amide bonds. The SMILES string of the molecule is CCC(C)N1C(=O)SC(=Cc2cn(Cc3ccc([N+](=O)[O-])cc3)c3ccccc23)C1=O. The first kappa shape index (κ1) is 20.9. The summed E-state index contributed by atoms with van der Waals surface area (Å²) < 4.78 is 2.04. The van der Waals surface area contributed by atoms with Gasteiger partial charge in [-0.15, -0.1) is 0 Å². The van der Waals surface area contributed by atoms with Crippen molar-refractivity contribution >= 4 is 45.6 Å². The average Bonchev–Trinajstić information content (AvgIpc) is 3.24. The van der Waals surface area contributed by atoms with Gasteiger partial charge in [0.25, 0.3) is 16.8 Å². The monoisotopic (exact) mass is 435 g/mol. The minimum absolute atomic E-state index is 0.0545. The van der Waals surface area contributed by atoms with Crippen molar-refractivity contribution in [1.82, 2.24) is 9.47 Å². The van der Waals surface area contributed by atoms with Gasteiger partial charge in [0.1, 0.15) is 0 Å². The molecule has 0 N–H and O–H groups in total. The van der Waals surface area contributed by atoms with E-state index in [4.69, 9.17) is 0 Å². The number of fused-ring (bicyclic) bond motifs is 1. The fourth-order valence-electron chi connectivity index (χ4n) is 3.62. The molecule has 0 saturated carbocycles. The van der Waals surface area contributed by atoms with Gasteiger partial charge in [0.2, 0.25) is 0 Å². The van der Waals surface area contributed by atoms with Gasteiger partial charge < -0.3 is 4.57 Å². The molecule has 8 heteroatoms. The van der Waals surface area contributed by atoms with E-state index >= 15 is 0 Å². The first-order valence-electron chi connectivity index (χ1n) is 9.97. The van der Waals surface area contributed by atoms with Gasteiger partial charge in [0.15, 0.2) is 0 Å². The van der Waals surface area contributed by atoms with Crippen LogP contribution in [0.25, 0.3) is 17.0 Å². The molecule has 0 radical (unpaired) electrons. The highest BCUT2D eigenvalue weighted by atomic mass is 32.2. The molecule has 2 aromatic carbocycles. The Morgan fingerprint density at radius 2 is 1.84 bits per heavy atom. The number of rotatable bonds is 6. The molecule has 1 aromatic heterocycles. The number of carbonyl (C=O) groups excluding carboxylic acids is 2. The van der Waals surface area contributed by atoms with Crippen LogP contribution in [-0.2, 0) is 11.3 Å². The van der Waals surface area contributed by atoms with Gasteiger partial charge in [-0.1, -0.05) is 37.3 Å². The number of non-ortho nitro benzene ring substituents is 1. The Morgan fingerprint density at radius 3 is 2.52 bits per heavy atom. The summed E-state index contributed by atoms with van der Waals surface area (Å²) >= 11 is 0.972. The maximum atomic E-state index is 12.8. The van der Waals surface area contributed by atoms with Gasteiger partial charge in [0.05, 0.1) is 9.83 Å². The molecule has 1 unspecified atom stereocenters. The van der Waals surface area contributed by atoms with E-state index in [1.165, 1.54) is 17.0 Å². The molecule has 0 bridgehead atoms. The summed E-state index contributed by atoms with van der Waals surface area (Å²) in [6.07, 6.45) is 4.44. The summed E-state index contributed by atoms with van der Waals surface area (Å²) in [5.74, 6) is -0.253. The third-order valence-corrected chi connectivity index (χ3v) is 6.34. The van der Waals surface area contributed by atoms with E-state index in [-0.39, 0.29) is 22.9 Å². The molecule has 0 aliphatic carbocycles. The maximum Gasteiger partial charge on any atom is 0.293 e. The number of thioether (sulfide) groups is 1. The van der Waals surface area contributed by atoms with Crippen molar-refractivity contribution < 1.29 is 14.5 Å². The van der Waals surface area contributed by atoms with Gasteiger partial charge >= 0.3 is 0 Å². The number of imide groups is 1. The Morgan fingerprint density at radius 1 is 1.13 bits per heavy atom. The van der Waals surface area contributed by atoms with Crippen LogP contribution in [0.3, 0.4) is 0 Å². The van der Waals surface area contributed by atoms with Crippen LogP contribution in [0.5, 0.6) is 0 Å². The molecule has 1 aliphatic rings. The zero-order valence-electron chi connectivity index (χ0n) is 17.1. The normalized spacial score (nSPS) is 16.5. The third kappa shape index (κ3) is 3.98. The molecule has 0 spiro atoms. The van der Waals surface area contributed by atoms with Crippen LogP contribution in [-0.4, -0.2) is 31.6 Å². The van der Waals surface area contributed by atoms with Crippen LogP contribution in [0.4, 0.5) is 10.5 Å². The Kier molecular flexibility index (Phi) is 5.65. The number of carbonyl (C=O) groups is 2. The van der Waals surface area contributed by atoms with Gasteiger partial charge in [-0.2, -0.15) is 0 Å². The molecule has 7 nitrogen and oxygen atoms in total. The topological polar surface area (TPSA) is 85.4 Å². The predicted molar refractivity (Wildman–Crippen MR) is 122 cm³/mol. The molecule has 4 rings (SSSR count). The van der Waals surface area contributed by atoms with Crippen LogP contribution in [0.1, 0.15) is 31.4 Å². The van der Waals surface area contributed by atoms with Crippen molar-refractivity contribution in [2.75, 3.05) is 0 Å². The second-order valence-corrected chi connectivity index (χ2v) is 8.46. The molecule has 2 heterocycles. The fourth-order valence-corrected chi connectivity index (χ4v) is 4.55. The Labute approximate surface area is 183 Å². The van der Waals surface area contributed by atoms with E-state index in [1.54, 1.807) is 18.2 Å². The van der Waals surface area contributed by atoms with Gasteiger partial charge in [0, 0.05) is 47.4 Å². The summed E-state index contributed by atoms with van der Waals surface area (Å²) in [6.45, 7) is 4.35. The summed E-state index contributed by atoms with van der Waals surface area (Å²) in [4.78, 5) is 37.4. The number of nitrogens with zero attached hydrogens (tertiary/aromatic N) is 3. The number of nitro groups is 1. The minimum Gasteiger partial charge on any atom is -0.342 e. The molecule has 158 valence electrons. The standard InChI is InChI=1S/C23H21N3O4S/c1-3-15(2)25-22(27)21(31-23(25)28)12-17-14-24(20-7-5-4-6-19(17)20)13-16-8-10-18(11-9-16)26(29)30/h4-12,14-15H,3,13H2,1-2H3.